The first kappa shape index (κ1) is 10.7. The van der Waals surface area contributed by atoms with E-state index in [0.717, 1.165) is 31.2 Å². The van der Waals surface area contributed by atoms with Gasteiger partial charge in [0.1, 0.15) is 11.8 Å². The van der Waals surface area contributed by atoms with Gasteiger partial charge in [-0.05, 0) is 31.7 Å². The summed E-state index contributed by atoms with van der Waals surface area (Å²) >= 11 is 0. The highest BCUT2D eigenvalue weighted by molar-refractivity contribution is 5.28. The smallest absolute Gasteiger partial charge is 0.140 e. The van der Waals surface area contributed by atoms with Gasteiger partial charge in [-0.25, -0.2) is 4.98 Å². The monoisotopic (exact) mass is 229 g/mol. The third-order valence-corrected chi connectivity index (χ3v) is 3.92. The summed E-state index contributed by atoms with van der Waals surface area (Å²) in [6.07, 6.45) is 5.44. The molecule has 1 aromatic heterocycles. The number of nitrogens with one attached hydrogen (secondary N) is 1. The van der Waals surface area contributed by atoms with Crippen LogP contribution in [0.2, 0.25) is 0 Å². The van der Waals surface area contributed by atoms with Crippen LogP contribution in [-0.4, -0.2) is 22.2 Å². The van der Waals surface area contributed by atoms with Crippen LogP contribution in [-0.2, 0) is 5.60 Å². The predicted molar refractivity (Wildman–Crippen MR) is 62.0 cm³/mol. The minimum atomic E-state index is -0.766. The van der Waals surface area contributed by atoms with Gasteiger partial charge in [-0.15, -0.1) is 0 Å². The van der Waals surface area contributed by atoms with E-state index < -0.39 is 5.60 Å². The molecule has 2 saturated heterocycles. The Balaban J connectivity index is 1.89. The van der Waals surface area contributed by atoms with Crippen molar-refractivity contribution in [2.45, 2.75) is 43.4 Å². The summed E-state index contributed by atoms with van der Waals surface area (Å²) in [4.78, 5) is 4.05. The fraction of sp³-hybridized carbons (Fsp3) is 0.538. The number of fused-ring (bicyclic) bond motifs is 2. The quantitative estimate of drug-likeness (QED) is 0.755. The highest BCUT2D eigenvalue weighted by Crippen LogP contribution is 2.40. The standard InChI is InChI=1S/C13H15N3O/c14-7-12-2-1-9(8-15-12)13(17)5-10-3-4-11(6-13)16-10/h1-2,8,10-11,16-17H,3-6H2. The van der Waals surface area contributed by atoms with E-state index >= 15 is 0 Å². The molecule has 3 heterocycles. The number of rotatable bonds is 1. The number of hydrogen-bond donors (Lipinski definition) is 2. The first-order chi connectivity index (χ1) is 8.19. The van der Waals surface area contributed by atoms with Crippen molar-refractivity contribution < 1.29 is 5.11 Å². The SMILES string of the molecule is N#Cc1ccc(C2(O)CC3CCC(C2)N3)cn1. The van der Waals surface area contributed by atoms with Crippen LogP contribution >= 0.6 is 0 Å². The molecule has 2 aliphatic heterocycles. The number of piperidine rings is 1. The average Bonchev–Trinajstić information content (AvgIpc) is 2.69. The number of aromatic nitrogens is 1. The number of nitrogens with zero attached hydrogens (tertiary/aromatic N) is 2. The Morgan fingerprint density at radius 3 is 2.59 bits per heavy atom. The molecule has 0 spiro atoms. The van der Waals surface area contributed by atoms with Crippen molar-refractivity contribution in [2.75, 3.05) is 0 Å². The zero-order valence-electron chi connectivity index (χ0n) is 9.56. The molecule has 1 aromatic rings. The molecule has 2 unspecified atom stereocenters. The summed E-state index contributed by atoms with van der Waals surface area (Å²) in [5.41, 5.74) is 0.474. The lowest BCUT2D eigenvalue weighted by atomic mass is 9.82. The van der Waals surface area contributed by atoms with Crippen LogP contribution in [0, 0.1) is 11.3 Å². The Kier molecular flexibility index (Phi) is 2.39. The van der Waals surface area contributed by atoms with E-state index in [4.69, 9.17) is 5.26 Å². The topological polar surface area (TPSA) is 68.9 Å². The molecule has 88 valence electrons. The van der Waals surface area contributed by atoms with Crippen LogP contribution < -0.4 is 5.32 Å². The van der Waals surface area contributed by atoms with Crippen LogP contribution in [0.25, 0.3) is 0 Å². The first-order valence-electron chi connectivity index (χ1n) is 6.05. The van der Waals surface area contributed by atoms with E-state index in [1.807, 2.05) is 12.1 Å². The highest BCUT2D eigenvalue weighted by Gasteiger charge is 2.43. The van der Waals surface area contributed by atoms with Gasteiger partial charge >= 0.3 is 0 Å². The summed E-state index contributed by atoms with van der Waals surface area (Å²) < 4.78 is 0. The van der Waals surface area contributed by atoms with Crippen molar-refractivity contribution in [3.63, 3.8) is 0 Å². The molecule has 2 aliphatic rings. The van der Waals surface area contributed by atoms with Crippen LogP contribution in [0.4, 0.5) is 0 Å². The second kappa shape index (κ2) is 3.80. The van der Waals surface area contributed by atoms with Crippen LogP contribution in [0.3, 0.4) is 0 Å². The summed E-state index contributed by atoms with van der Waals surface area (Å²) in [6, 6.07) is 6.35. The van der Waals surface area contributed by atoms with E-state index in [0.29, 0.717) is 17.8 Å². The third-order valence-electron chi connectivity index (χ3n) is 3.92. The summed E-state index contributed by atoms with van der Waals surface area (Å²) in [5, 5.41) is 22.9. The van der Waals surface area contributed by atoms with Gasteiger partial charge in [-0.1, -0.05) is 6.07 Å². The van der Waals surface area contributed by atoms with Gasteiger partial charge in [0.15, 0.2) is 0 Å². The molecular formula is C13H15N3O. The van der Waals surface area contributed by atoms with Crippen LogP contribution in [0.1, 0.15) is 36.9 Å². The van der Waals surface area contributed by atoms with Gasteiger partial charge < -0.3 is 10.4 Å². The Hall–Kier alpha value is -1.44. The number of nitriles is 1. The predicted octanol–water partition coefficient (Wildman–Crippen LogP) is 1.06. The Morgan fingerprint density at radius 1 is 1.35 bits per heavy atom. The van der Waals surface area contributed by atoms with Crippen molar-refractivity contribution in [2.24, 2.45) is 0 Å². The van der Waals surface area contributed by atoms with Gasteiger partial charge in [0.05, 0.1) is 5.60 Å². The van der Waals surface area contributed by atoms with Crippen LogP contribution in [0.15, 0.2) is 18.3 Å². The zero-order valence-corrected chi connectivity index (χ0v) is 9.56. The molecule has 0 radical (unpaired) electrons. The maximum absolute atomic E-state index is 10.7. The molecule has 2 bridgehead atoms. The molecule has 0 aliphatic carbocycles. The van der Waals surface area contributed by atoms with Crippen molar-refractivity contribution in [1.29, 1.82) is 5.26 Å². The highest BCUT2D eigenvalue weighted by atomic mass is 16.3. The maximum atomic E-state index is 10.7. The van der Waals surface area contributed by atoms with E-state index in [2.05, 4.69) is 10.3 Å². The van der Waals surface area contributed by atoms with E-state index in [9.17, 15) is 5.11 Å². The fourth-order valence-corrected chi connectivity index (χ4v) is 3.09. The lowest BCUT2D eigenvalue weighted by Crippen LogP contribution is -2.46. The number of aliphatic hydroxyl groups is 1. The van der Waals surface area contributed by atoms with Crippen molar-refractivity contribution in [3.05, 3.63) is 29.6 Å². The molecule has 0 aromatic carbocycles. The molecule has 3 rings (SSSR count). The number of hydrogen-bond acceptors (Lipinski definition) is 4. The van der Waals surface area contributed by atoms with Crippen molar-refractivity contribution in [3.8, 4) is 6.07 Å². The van der Waals surface area contributed by atoms with Gasteiger partial charge in [-0.3, -0.25) is 0 Å². The van der Waals surface area contributed by atoms with Gasteiger partial charge in [0, 0.05) is 23.8 Å². The molecule has 2 atom stereocenters. The second-order valence-electron chi connectivity index (χ2n) is 5.12. The molecular weight excluding hydrogens is 214 g/mol. The molecule has 0 amide bonds. The molecule has 17 heavy (non-hydrogen) atoms. The third kappa shape index (κ3) is 1.82. The van der Waals surface area contributed by atoms with E-state index in [1.165, 1.54) is 0 Å². The van der Waals surface area contributed by atoms with Crippen molar-refractivity contribution in [1.82, 2.24) is 10.3 Å². The molecule has 0 saturated carbocycles. The average molecular weight is 229 g/mol. The molecule has 2 fully saturated rings. The zero-order chi connectivity index (χ0) is 11.9. The van der Waals surface area contributed by atoms with Gasteiger partial charge in [0.2, 0.25) is 0 Å². The summed E-state index contributed by atoms with van der Waals surface area (Å²) in [5.74, 6) is 0. The van der Waals surface area contributed by atoms with Crippen molar-refractivity contribution >= 4 is 0 Å². The lowest BCUT2D eigenvalue weighted by Gasteiger charge is -2.37. The van der Waals surface area contributed by atoms with E-state index in [1.54, 1.807) is 12.3 Å². The Bertz CT molecular complexity index is 451. The lowest BCUT2D eigenvalue weighted by molar-refractivity contribution is -0.0117. The molecule has 4 heteroatoms. The minimum Gasteiger partial charge on any atom is -0.385 e. The van der Waals surface area contributed by atoms with Crippen LogP contribution in [0.5, 0.6) is 0 Å². The second-order valence-corrected chi connectivity index (χ2v) is 5.12. The minimum absolute atomic E-state index is 0.397. The van der Waals surface area contributed by atoms with E-state index in [-0.39, 0.29) is 0 Å². The molecule has 2 N–H and O–H groups in total. The Labute approximate surface area is 100 Å². The maximum Gasteiger partial charge on any atom is 0.140 e. The number of pyridine rings is 1. The van der Waals surface area contributed by atoms with Gasteiger partial charge in [-0.2, -0.15) is 5.26 Å². The first-order valence-corrected chi connectivity index (χ1v) is 6.05. The normalized spacial score (nSPS) is 35.5. The molecule has 4 nitrogen and oxygen atoms in total. The van der Waals surface area contributed by atoms with Gasteiger partial charge in [0.25, 0.3) is 0 Å². The largest absolute Gasteiger partial charge is 0.385 e. The summed E-state index contributed by atoms with van der Waals surface area (Å²) in [6.45, 7) is 0. The Morgan fingerprint density at radius 2 is 2.06 bits per heavy atom. The summed E-state index contributed by atoms with van der Waals surface area (Å²) in [7, 11) is 0. The fourth-order valence-electron chi connectivity index (χ4n) is 3.09.